The van der Waals surface area contributed by atoms with Crippen LogP contribution in [-0.4, -0.2) is 54.6 Å². The fourth-order valence-electron chi connectivity index (χ4n) is 3.76. The Bertz CT molecular complexity index is 406. The van der Waals surface area contributed by atoms with Crippen LogP contribution in [0.5, 0.6) is 0 Å². The number of rotatable bonds is 4. The van der Waals surface area contributed by atoms with Crippen molar-refractivity contribution in [2.45, 2.75) is 37.8 Å². The zero-order valence-corrected chi connectivity index (χ0v) is 12.4. The average Bonchev–Trinajstić information content (AvgIpc) is 2.53. The number of fused-ring (bicyclic) bond motifs is 1. The number of piperazine rings is 1. The second-order valence-electron chi connectivity index (χ2n) is 6.26. The molecule has 2 aliphatic rings. The Hall–Kier alpha value is -0.900. The Kier molecular flexibility index (Phi) is 4.71. The van der Waals surface area contributed by atoms with Crippen LogP contribution in [0.4, 0.5) is 0 Å². The van der Waals surface area contributed by atoms with Gasteiger partial charge in [0.05, 0.1) is 0 Å². The first-order valence-electron chi connectivity index (χ1n) is 8.09. The van der Waals surface area contributed by atoms with Crippen LogP contribution in [0.1, 0.15) is 24.8 Å². The highest BCUT2D eigenvalue weighted by Crippen LogP contribution is 2.22. The summed E-state index contributed by atoms with van der Waals surface area (Å²) in [4.78, 5) is 5.33. The van der Waals surface area contributed by atoms with Gasteiger partial charge in [0.1, 0.15) is 0 Å². The summed E-state index contributed by atoms with van der Waals surface area (Å²) in [5, 5.41) is 0. The fraction of sp³-hybridized carbons (Fsp3) is 0.647. The molecule has 2 aliphatic heterocycles. The number of nitrogens with zero attached hydrogens (tertiary/aromatic N) is 2. The molecule has 0 amide bonds. The Balaban J connectivity index is 1.61. The van der Waals surface area contributed by atoms with E-state index in [-0.39, 0.29) is 0 Å². The minimum absolute atomic E-state index is 0.501. The van der Waals surface area contributed by atoms with E-state index in [2.05, 4.69) is 40.1 Å². The molecular formula is C17H27N3. The molecule has 3 nitrogen and oxygen atoms in total. The third-order valence-corrected chi connectivity index (χ3v) is 4.97. The second kappa shape index (κ2) is 6.70. The molecule has 1 aromatic carbocycles. The van der Waals surface area contributed by atoms with Gasteiger partial charge >= 0.3 is 0 Å². The molecule has 2 heterocycles. The summed E-state index contributed by atoms with van der Waals surface area (Å²) in [5.41, 5.74) is 7.48. The highest BCUT2D eigenvalue weighted by molar-refractivity contribution is 5.16. The second-order valence-corrected chi connectivity index (χ2v) is 6.26. The third-order valence-electron chi connectivity index (χ3n) is 4.97. The largest absolute Gasteiger partial charge is 0.329 e. The lowest BCUT2D eigenvalue weighted by molar-refractivity contribution is 0.0291. The van der Waals surface area contributed by atoms with Crippen LogP contribution in [0.15, 0.2) is 30.3 Å². The maximum atomic E-state index is 6.06. The fourth-order valence-corrected chi connectivity index (χ4v) is 3.76. The van der Waals surface area contributed by atoms with Gasteiger partial charge < -0.3 is 5.73 Å². The van der Waals surface area contributed by atoms with Crippen molar-refractivity contribution in [2.75, 3.05) is 32.7 Å². The standard InChI is InChI=1S/C17H27N3/c18-13-17(12-15-6-2-1-3-7-15)20-11-10-19-9-5-4-8-16(19)14-20/h1-3,6-7,16-17H,4-5,8-14,18H2. The summed E-state index contributed by atoms with van der Waals surface area (Å²) in [6.07, 6.45) is 5.25. The summed E-state index contributed by atoms with van der Waals surface area (Å²) in [5.74, 6) is 0. The molecule has 0 aliphatic carbocycles. The molecular weight excluding hydrogens is 246 g/mol. The Morgan fingerprint density at radius 2 is 1.95 bits per heavy atom. The van der Waals surface area contributed by atoms with Gasteiger partial charge in [0.2, 0.25) is 0 Å². The molecule has 0 spiro atoms. The number of nitrogens with two attached hydrogens (primary N) is 1. The van der Waals surface area contributed by atoms with Crippen molar-refractivity contribution in [1.29, 1.82) is 0 Å². The van der Waals surface area contributed by atoms with Gasteiger partial charge in [-0.1, -0.05) is 36.8 Å². The molecule has 0 radical (unpaired) electrons. The first kappa shape index (κ1) is 14.1. The van der Waals surface area contributed by atoms with E-state index >= 15 is 0 Å². The summed E-state index contributed by atoms with van der Waals surface area (Å²) in [7, 11) is 0. The number of benzene rings is 1. The minimum atomic E-state index is 0.501. The molecule has 20 heavy (non-hydrogen) atoms. The van der Waals surface area contributed by atoms with Gasteiger partial charge in [0.25, 0.3) is 0 Å². The molecule has 2 fully saturated rings. The predicted molar refractivity (Wildman–Crippen MR) is 83.8 cm³/mol. The van der Waals surface area contributed by atoms with E-state index in [0.717, 1.165) is 19.0 Å². The molecule has 0 bridgehead atoms. The molecule has 0 saturated carbocycles. The van der Waals surface area contributed by atoms with Gasteiger partial charge in [-0.05, 0) is 31.4 Å². The van der Waals surface area contributed by atoms with E-state index in [0.29, 0.717) is 6.04 Å². The van der Waals surface area contributed by atoms with E-state index in [4.69, 9.17) is 5.73 Å². The van der Waals surface area contributed by atoms with E-state index in [9.17, 15) is 0 Å². The zero-order chi connectivity index (χ0) is 13.8. The van der Waals surface area contributed by atoms with Crippen LogP contribution < -0.4 is 5.73 Å². The predicted octanol–water partition coefficient (Wildman–Crippen LogP) is 1.73. The molecule has 110 valence electrons. The van der Waals surface area contributed by atoms with Crippen LogP contribution in [0.25, 0.3) is 0 Å². The van der Waals surface area contributed by atoms with Crippen molar-refractivity contribution in [3.05, 3.63) is 35.9 Å². The van der Waals surface area contributed by atoms with E-state index in [1.54, 1.807) is 0 Å². The lowest BCUT2D eigenvalue weighted by Crippen LogP contribution is -2.58. The van der Waals surface area contributed by atoms with Crippen LogP contribution in [0.3, 0.4) is 0 Å². The summed E-state index contributed by atoms with van der Waals surface area (Å²) in [6, 6.07) is 12.1. The molecule has 3 heteroatoms. The van der Waals surface area contributed by atoms with Crippen molar-refractivity contribution in [2.24, 2.45) is 5.73 Å². The minimum Gasteiger partial charge on any atom is -0.329 e. The topological polar surface area (TPSA) is 32.5 Å². The summed E-state index contributed by atoms with van der Waals surface area (Å²) in [6.45, 7) is 5.71. The molecule has 0 aromatic heterocycles. The smallest absolute Gasteiger partial charge is 0.0259 e. The Labute approximate surface area is 122 Å². The van der Waals surface area contributed by atoms with Crippen molar-refractivity contribution < 1.29 is 0 Å². The monoisotopic (exact) mass is 273 g/mol. The van der Waals surface area contributed by atoms with Crippen LogP contribution in [0.2, 0.25) is 0 Å². The molecule has 2 N–H and O–H groups in total. The van der Waals surface area contributed by atoms with Crippen molar-refractivity contribution in [3.63, 3.8) is 0 Å². The van der Waals surface area contributed by atoms with Crippen molar-refractivity contribution in [3.8, 4) is 0 Å². The highest BCUT2D eigenvalue weighted by Gasteiger charge is 2.31. The van der Waals surface area contributed by atoms with Gasteiger partial charge in [-0.2, -0.15) is 0 Å². The lowest BCUT2D eigenvalue weighted by atomic mass is 9.97. The molecule has 2 saturated heterocycles. The first-order valence-corrected chi connectivity index (χ1v) is 8.09. The normalized spacial score (nSPS) is 26.1. The number of piperidine rings is 1. The van der Waals surface area contributed by atoms with E-state index in [1.165, 1.54) is 51.0 Å². The Morgan fingerprint density at radius 3 is 2.75 bits per heavy atom. The highest BCUT2D eigenvalue weighted by atomic mass is 15.3. The third kappa shape index (κ3) is 3.22. The van der Waals surface area contributed by atoms with Gasteiger partial charge in [0, 0.05) is 38.3 Å². The molecule has 2 unspecified atom stereocenters. The van der Waals surface area contributed by atoms with Gasteiger partial charge in [-0.25, -0.2) is 0 Å². The van der Waals surface area contributed by atoms with Gasteiger partial charge in [-0.15, -0.1) is 0 Å². The first-order chi connectivity index (χ1) is 9.86. The van der Waals surface area contributed by atoms with Crippen LogP contribution >= 0.6 is 0 Å². The van der Waals surface area contributed by atoms with Gasteiger partial charge in [0.15, 0.2) is 0 Å². The molecule has 2 atom stereocenters. The zero-order valence-electron chi connectivity index (χ0n) is 12.4. The van der Waals surface area contributed by atoms with Crippen LogP contribution in [-0.2, 0) is 6.42 Å². The lowest BCUT2D eigenvalue weighted by Gasteiger charge is -2.46. The van der Waals surface area contributed by atoms with Crippen molar-refractivity contribution >= 4 is 0 Å². The summed E-state index contributed by atoms with van der Waals surface area (Å²) < 4.78 is 0. The Morgan fingerprint density at radius 1 is 1.10 bits per heavy atom. The maximum Gasteiger partial charge on any atom is 0.0259 e. The summed E-state index contributed by atoms with van der Waals surface area (Å²) >= 11 is 0. The molecule has 3 rings (SSSR count). The average molecular weight is 273 g/mol. The number of hydrogen-bond acceptors (Lipinski definition) is 3. The molecule has 1 aromatic rings. The van der Waals surface area contributed by atoms with E-state index < -0.39 is 0 Å². The van der Waals surface area contributed by atoms with Crippen LogP contribution in [0, 0.1) is 0 Å². The van der Waals surface area contributed by atoms with Crippen molar-refractivity contribution in [1.82, 2.24) is 9.80 Å². The van der Waals surface area contributed by atoms with Gasteiger partial charge in [-0.3, -0.25) is 9.80 Å². The maximum absolute atomic E-state index is 6.06. The SMILES string of the molecule is NCC(Cc1ccccc1)N1CCN2CCCCC2C1. The number of hydrogen-bond donors (Lipinski definition) is 1. The van der Waals surface area contributed by atoms with E-state index in [1.807, 2.05) is 0 Å². The quantitative estimate of drug-likeness (QED) is 0.907.